The van der Waals surface area contributed by atoms with Gasteiger partial charge in [-0.15, -0.1) is 0 Å². The molecule has 3 heterocycles. The van der Waals surface area contributed by atoms with Gasteiger partial charge in [0, 0.05) is 29.0 Å². The van der Waals surface area contributed by atoms with Gasteiger partial charge in [-0.3, -0.25) is 9.78 Å². The van der Waals surface area contributed by atoms with E-state index in [0.717, 1.165) is 10.9 Å². The number of nitrogens with one attached hydrogen (secondary N) is 1. The molecule has 0 aliphatic rings. The van der Waals surface area contributed by atoms with Crippen LogP contribution in [0.4, 0.5) is 0 Å². The van der Waals surface area contributed by atoms with Gasteiger partial charge in [-0.05, 0) is 24.3 Å². The molecule has 0 saturated heterocycles. The molecule has 0 atom stereocenters. The van der Waals surface area contributed by atoms with Gasteiger partial charge >= 0.3 is 0 Å². The first-order chi connectivity index (χ1) is 8.74. The van der Waals surface area contributed by atoms with Crippen LogP contribution in [0.3, 0.4) is 0 Å². The van der Waals surface area contributed by atoms with Crippen LogP contribution in [0, 0.1) is 0 Å². The summed E-state index contributed by atoms with van der Waals surface area (Å²) in [6, 6.07) is 9.01. The first-order valence-electron chi connectivity index (χ1n) is 5.34. The molecule has 0 radical (unpaired) electrons. The van der Waals surface area contributed by atoms with Crippen LogP contribution < -0.4 is 5.56 Å². The lowest BCUT2D eigenvalue weighted by molar-refractivity contribution is 1.23. The summed E-state index contributed by atoms with van der Waals surface area (Å²) in [6.45, 7) is 0. The second-order valence-electron chi connectivity index (χ2n) is 3.82. The standard InChI is InChI=1S/C13H8ClN3O/c14-11-7-8(3-5-15-11)10-6-9-2-1-4-16-12(9)13(18)17-10/h1-7H,(H,17,18). The van der Waals surface area contributed by atoms with Crippen LogP contribution in [0.2, 0.25) is 5.15 Å². The average molecular weight is 258 g/mol. The Hall–Kier alpha value is -2.20. The number of aromatic nitrogens is 3. The fraction of sp³-hybridized carbons (Fsp3) is 0. The summed E-state index contributed by atoms with van der Waals surface area (Å²) < 4.78 is 0. The molecule has 0 fully saturated rings. The largest absolute Gasteiger partial charge is 0.320 e. The predicted molar refractivity (Wildman–Crippen MR) is 70.6 cm³/mol. The average Bonchev–Trinajstić information content (AvgIpc) is 2.39. The van der Waals surface area contributed by atoms with Gasteiger partial charge in [0.05, 0.1) is 0 Å². The van der Waals surface area contributed by atoms with Crippen molar-refractivity contribution in [3.63, 3.8) is 0 Å². The number of halogens is 1. The minimum atomic E-state index is -0.212. The summed E-state index contributed by atoms with van der Waals surface area (Å²) in [5.41, 5.74) is 1.74. The highest BCUT2D eigenvalue weighted by molar-refractivity contribution is 6.29. The van der Waals surface area contributed by atoms with E-state index in [1.54, 1.807) is 30.6 Å². The van der Waals surface area contributed by atoms with E-state index in [-0.39, 0.29) is 5.56 Å². The number of fused-ring (bicyclic) bond motifs is 1. The second kappa shape index (κ2) is 4.23. The molecule has 1 N–H and O–H groups in total. The molecule has 3 aromatic rings. The van der Waals surface area contributed by atoms with E-state index in [1.807, 2.05) is 12.1 Å². The van der Waals surface area contributed by atoms with Crippen molar-refractivity contribution in [2.24, 2.45) is 0 Å². The smallest absolute Gasteiger partial charge is 0.274 e. The van der Waals surface area contributed by atoms with E-state index in [2.05, 4.69) is 15.0 Å². The molecule has 18 heavy (non-hydrogen) atoms. The van der Waals surface area contributed by atoms with Gasteiger partial charge in [0.25, 0.3) is 5.56 Å². The molecule has 3 aromatic heterocycles. The summed E-state index contributed by atoms with van der Waals surface area (Å²) in [7, 11) is 0. The van der Waals surface area contributed by atoms with Crippen molar-refractivity contribution in [2.75, 3.05) is 0 Å². The van der Waals surface area contributed by atoms with Crippen molar-refractivity contribution in [1.29, 1.82) is 0 Å². The topological polar surface area (TPSA) is 58.6 Å². The molecule has 0 spiro atoms. The van der Waals surface area contributed by atoms with Crippen LogP contribution in [0.1, 0.15) is 0 Å². The van der Waals surface area contributed by atoms with Crippen LogP contribution in [0.5, 0.6) is 0 Å². The second-order valence-corrected chi connectivity index (χ2v) is 4.21. The Balaban J connectivity index is 2.28. The quantitative estimate of drug-likeness (QED) is 0.682. The van der Waals surface area contributed by atoms with Gasteiger partial charge in [0.15, 0.2) is 0 Å². The fourth-order valence-corrected chi connectivity index (χ4v) is 2.00. The Bertz CT molecular complexity index is 782. The van der Waals surface area contributed by atoms with Gasteiger partial charge in [-0.1, -0.05) is 17.7 Å². The normalized spacial score (nSPS) is 10.7. The summed E-state index contributed by atoms with van der Waals surface area (Å²) in [6.07, 6.45) is 3.20. The maximum atomic E-state index is 11.9. The van der Waals surface area contributed by atoms with Crippen LogP contribution in [0.25, 0.3) is 22.2 Å². The molecular weight excluding hydrogens is 250 g/mol. The Morgan fingerprint density at radius 2 is 2.00 bits per heavy atom. The fourth-order valence-electron chi connectivity index (χ4n) is 1.82. The predicted octanol–water partition coefficient (Wildman–Crippen LogP) is 2.64. The minimum absolute atomic E-state index is 0.212. The van der Waals surface area contributed by atoms with Crippen molar-refractivity contribution < 1.29 is 0 Å². The van der Waals surface area contributed by atoms with Crippen molar-refractivity contribution in [2.45, 2.75) is 0 Å². The molecule has 0 saturated carbocycles. The molecule has 5 heteroatoms. The lowest BCUT2D eigenvalue weighted by Crippen LogP contribution is -2.08. The summed E-state index contributed by atoms with van der Waals surface area (Å²) in [4.78, 5) is 22.6. The maximum Gasteiger partial charge on any atom is 0.274 e. The van der Waals surface area contributed by atoms with Crippen LogP contribution in [-0.4, -0.2) is 15.0 Å². The van der Waals surface area contributed by atoms with Crippen LogP contribution in [-0.2, 0) is 0 Å². The van der Waals surface area contributed by atoms with E-state index in [4.69, 9.17) is 11.6 Å². The van der Waals surface area contributed by atoms with Gasteiger partial charge in [-0.2, -0.15) is 0 Å². The third kappa shape index (κ3) is 1.87. The third-order valence-corrected chi connectivity index (χ3v) is 2.85. The molecule has 0 aliphatic carbocycles. The summed E-state index contributed by atoms with van der Waals surface area (Å²) in [5, 5.41) is 1.18. The molecular formula is C13H8ClN3O. The van der Waals surface area contributed by atoms with Crippen molar-refractivity contribution in [3.8, 4) is 11.3 Å². The Kier molecular flexibility index (Phi) is 2.57. The first kappa shape index (κ1) is 10.9. The zero-order valence-corrected chi connectivity index (χ0v) is 9.98. The van der Waals surface area contributed by atoms with Gasteiger partial charge in [0.1, 0.15) is 10.7 Å². The van der Waals surface area contributed by atoms with Crippen LogP contribution >= 0.6 is 11.6 Å². The Morgan fingerprint density at radius 3 is 2.83 bits per heavy atom. The first-order valence-corrected chi connectivity index (χ1v) is 5.72. The Morgan fingerprint density at radius 1 is 1.11 bits per heavy atom. The van der Waals surface area contributed by atoms with E-state index in [0.29, 0.717) is 16.4 Å². The number of rotatable bonds is 1. The van der Waals surface area contributed by atoms with E-state index in [9.17, 15) is 4.79 Å². The third-order valence-electron chi connectivity index (χ3n) is 2.64. The van der Waals surface area contributed by atoms with Gasteiger partial charge in [-0.25, -0.2) is 4.98 Å². The molecule has 0 bridgehead atoms. The number of hydrogen-bond donors (Lipinski definition) is 1. The van der Waals surface area contributed by atoms with E-state index in [1.165, 1.54) is 0 Å². The van der Waals surface area contributed by atoms with E-state index < -0.39 is 0 Å². The lowest BCUT2D eigenvalue weighted by atomic mass is 10.1. The molecule has 0 aromatic carbocycles. The molecule has 88 valence electrons. The van der Waals surface area contributed by atoms with Crippen molar-refractivity contribution >= 4 is 22.5 Å². The van der Waals surface area contributed by atoms with Crippen molar-refractivity contribution in [3.05, 3.63) is 58.2 Å². The highest BCUT2D eigenvalue weighted by Gasteiger charge is 2.05. The highest BCUT2D eigenvalue weighted by atomic mass is 35.5. The SMILES string of the molecule is O=c1[nH]c(-c2ccnc(Cl)c2)cc2cccnc12. The highest BCUT2D eigenvalue weighted by Crippen LogP contribution is 2.20. The zero-order valence-electron chi connectivity index (χ0n) is 9.22. The molecule has 0 unspecified atom stereocenters. The zero-order chi connectivity index (χ0) is 12.5. The minimum Gasteiger partial charge on any atom is -0.320 e. The maximum absolute atomic E-state index is 11.9. The molecule has 0 amide bonds. The number of H-pyrrole nitrogens is 1. The van der Waals surface area contributed by atoms with E-state index >= 15 is 0 Å². The van der Waals surface area contributed by atoms with Gasteiger partial charge < -0.3 is 4.98 Å². The molecule has 3 rings (SSSR count). The van der Waals surface area contributed by atoms with Crippen LogP contribution in [0.15, 0.2) is 47.5 Å². The van der Waals surface area contributed by atoms with Crippen molar-refractivity contribution in [1.82, 2.24) is 15.0 Å². The summed E-state index contributed by atoms with van der Waals surface area (Å²) >= 11 is 5.84. The lowest BCUT2D eigenvalue weighted by Gasteiger charge is -2.03. The molecule has 0 aliphatic heterocycles. The Labute approximate surface area is 107 Å². The number of hydrogen-bond acceptors (Lipinski definition) is 3. The monoisotopic (exact) mass is 257 g/mol. The number of nitrogens with zero attached hydrogens (tertiary/aromatic N) is 2. The molecule has 4 nitrogen and oxygen atoms in total. The number of aromatic amines is 1. The summed E-state index contributed by atoms with van der Waals surface area (Å²) in [5.74, 6) is 0. The number of pyridine rings is 3. The van der Waals surface area contributed by atoms with Gasteiger partial charge in [0.2, 0.25) is 0 Å².